The van der Waals surface area contributed by atoms with Crippen LogP contribution in [0.4, 0.5) is 19.3 Å². The topological polar surface area (TPSA) is 68.2 Å². The maximum absolute atomic E-state index is 12.3. The first-order valence-corrected chi connectivity index (χ1v) is 7.54. The number of aryl methyl sites for hydroxylation is 2. The van der Waals surface area contributed by atoms with Crippen LogP contribution in [0.25, 0.3) is 0 Å². The number of ether oxygens (including phenoxy) is 1. The molecule has 1 heterocycles. The number of imidazole rings is 1. The molecule has 0 radical (unpaired) electrons. The summed E-state index contributed by atoms with van der Waals surface area (Å²) in [6.07, 6.45) is 4.36. The van der Waals surface area contributed by atoms with E-state index in [1.54, 1.807) is 25.3 Å². The van der Waals surface area contributed by atoms with Crippen LogP contribution in [0.3, 0.4) is 0 Å². The number of benzene rings is 1. The van der Waals surface area contributed by atoms with Gasteiger partial charge < -0.3 is 19.9 Å². The van der Waals surface area contributed by atoms with Gasteiger partial charge in [-0.05, 0) is 32.4 Å². The molecule has 24 heavy (non-hydrogen) atoms. The van der Waals surface area contributed by atoms with Gasteiger partial charge in [-0.15, -0.1) is 0 Å². The minimum atomic E-state index is -2.90. The van der Waals surface area contributed by atoms with Gasteiger partial charge in [-0.2, -0.15) is 8.78 Å². The SMILES string of the molecule is Cc1c(NC(=O)NCCCn2ccnc2C)cccc1OC(F)F. The molecule has 0 saturated carbocycles. The van der Waals surface area contributed by atoms with E-state index in [1.165, 1.54) is 6.07 Å². The van der Waals surface area contributed by atoms with Gasteiger partial charge in [0.1, 0.15) is 11.6 Å². The number of aromatic nitrogens is 2. The third-order valence-electron chi connectivity index (χ3n) is 3.53. The molecule has 8 heteroatoms. The Balaban J connectivity index is 1.81. The minimum Gasteiger partial charge on any atom is -0.434 e. The number of alkyl halides is 2. The van der Waals surface area contributed by atoms with Crippen LogP contribution < -0.4 is 15.4 Å². The van der Waals surface area contributed by atoms with Crippen LogP contribution >= 0.6 is 0 Å². The Labute approximate surface area is 138 Å². The maximum Gasteiger partial charge on any atom is 0.387 e. The van der Waals surface area contributed by atoms with Crippen LogP contribution in [0.1, 0.15) is 17.8 Å². The van der Waals surface area contributed by atoms with Crippen LogP contribution in [0.15, 0.2) is 30.6 Å². The maximum atomic E-state index is 12.3. The van der Waals surface area contributed by atoms with Crippen LogP contribution in [0.5, 0.6) is 5.75 Å². The van der Waals surface area contributed by atoms with Gasteiger partial charge in [0.05, 0.1) is 0 Å². The van der Waals surface area contributed by atoms with E-state index in [0.717, 1.165) is 18.8 Å². The second kappa shape index (κ2) is 8.28. The summed E-state index contributed by atoms with van der Waals surface area (Å²) in [6, 6.07) is 4.21. The molecule has 1 aromatic heterocycles. The largest absolute Gasteiger partial charge is 0.434 e. The summed E-state index contributed by atoms with van der Waals surface area (Å²) in [4.78, 5) is 16.0. The van der Waals surface area contributed by atoms with Crippen molar-refractivity contribution >= 4 is 11.7 Å². The number of rotatable bonds is 7. The predicted octanol–water partition coefficient (Wildman–Crippen LogP) is 3.31. The molecule has 6 nitrogen and oxygen atoms in total. The summed E-state index contributed by atoms with van der Waals surface area (Å²) in [5.74, 6) is 0.962. The summed E-state index contributed by atoms with van der Waals surface area (Å²) in [5, 5.41) is 5.36. The molecule has 2 aromatic rings. The molecule has 1 aromatic carbocycles. The first-order chi connectivity index (χ1) is 11.5. The van der Waals surface area contributed by atoms with Crippen molar-refractivity contribution in [3.8, 4) is 5.75 Å². The molecule has 0 bridgehead atoms. The molecule has 0 atom stereocenters. The van der Waals surface area contributed by atoms with Gasteiger partial charge >= 0.3 is 12.6 Å². The van der Waals surface area contributed by atoms with Crippen LogP contribution in [-0.4, -0.2) is 28.7 Å². The van der Waals surface area contributed by atoms with Gasteiger partial charge in [-0.25, -0.2) is 9.78 Å². The second-order valence-corrected chi connectivity index (χ2v) is 5.21. The predicted molar refractivity (Wildman–Crippen MR) is 86.4 cm³/mol. The Morgan fingerprint density at radius 1 is 1.38 bits per heavy atom. The van der Waals surface area contributed by atoms with Gasteiger partial charge in [0.2, 0.25) is 0 Å². The molecule has 130 valence electrons. The summed E-state index contributed by atoms with van der Waals surface area (Å²) in [7, 11) is 0. The van der Waals surface area contributed by atoms with Crippen LogP contribution in [-0.2, 0) is 6.54 Å². The first-order valence-electron chi connectivity index (χ1n) is 7.54. The average molecular weight is 338 g/mol. The third kappa shape index (κ3) is 4.94. The minimum absolute atomic E-state index is 0.0402. The van der Waals surface area contributed by atoms with E-state index in [9.17, 15) is 13.6 Å². The molecule has 2 N–H and O–H groups in total. The van der Waals surface area contributed by atoms with Crippen molar-refractivity contribution < 1.29 is 18.3 Å². The lowest BCUT2D eigenvalue weighted by molar-refractivity contribution is -0.0502. The van der Waals surface area contributed by atoms with Crippen molar-refractivity contribution in [3.05, 3.63) is 42.0 Å². The monoisotopic (exact) mass is 338 g/mol. The number of anilines is 1. The first kappa shape index (κ1) is 17.7. The highest BCUT2D eigenvalue weighted by molar-refractivity contribution is 5.90. The lowest BCUT2D eigenvalue weighted by Gasteiger charge is -2.13. The van der Waals surface area contributed by atoms with E-state index < -0.39 is 12.6 Å². The molecule has 0 spiro atoms. The Kier molecular flexibility index (Phi) is 6.11. The molecule has 0 aliphatic rings. The zero-order chi connectivity index (χ0) is 17.5. The van der Waals surface area contributed by atoms with Crippen LogP contribution in [0, 0.1) is 13.8 Å². The molecule has 0 unspecified atom stereocenters. The fraction of sp³-hybridized carbons (Fsp3) is 0.375. The van der Waals surface area contributed by atoms with Crippen molar-refractivity contribution in [2.45, 2.75) is 33.4 Å². The Morgan fingerprint density at radius 3 is 2.83 bits per heavy atom. The van der Waals surface area contributed by atoms with Crippen molar-refractivity contribution in [2.75, 3.05) is 11.9 Å². The molecule has 0 aliphatic heterocycles. The normalized spacial score (nSPS) is 10.7. The van der Waals surface area contributed by atoms with E-state index in [4.69, 9.17) is 0 Å². The highest BCUT2D eigenvalue weighted by Gasteiger charge is 2.11. The Hall–Kier alpha value is -2.64. The number of hydrogen-bond donors (Lipinski definition) is 2. The number of amides is 2. The quantitative estimate of drug-likeness (QED) is 0.761. The number of carbonyl (C=O) groups is 1. The van der Waals surface area contributed by atoms with Gasteiger partial charge in [0.15, 0.2) is 0 Å². The molecule has 2 amide bonds. The van der Waals surface area contributed by atoms with Crippen molar-refractivity contribution in [1.29, 1.82) is 0 Å². The zero-order valence-electron chi connectivity index (χ0n) is 13.6. The zero-order valence-corrected chi connectivity index (χ0v) is 13.6. The van der Waals surface area contributed by atoms with E-state index in [0.29, 0.717) is 17.8 Å². The van der Waals surface area contributed by atoms with Crippen molar-refractivity contribution in [1.82, 2.24) is 14.9 Å². The molecule has 2 rings (SSSR count). The fourth-order valence-corrected chi connectivity index (χ4v) is 2.23. The smallest absolute Gasteiger partial charge is 0.387 e. The van der Waals surface area contributed by atoms with E-state index >= 15 is 0 Å². The van der Waals surface area contributed by atoms with E-state index in [1.807, 2.05) is 17.7 Å². The standard InChI is InChI=1S/C16H20F2N4O2/c1-11-13(5-3-6-14(11)24-15(17)18)21-16(23)20-7-4-9-22-10-8-19-12(22)2/h3,5-6,8,10,15H,4,7,9H2,1-2H3,(H2,20,21,23). The van der Waals surface area contributed by atoms with E-state index in [2.05, 4.69) is 20.4 Å². The lowest BCUT2D eigenvalue weighted by Crippen LogP contribution is -2.30. The van der Waals surface area contributed by atoms with Gasteiger partial charge in [-0.1, -0.05) is 6.07 Å². The Morgan fingerprint density at radius 2 is 2.17 bits per heavy atom. The second-order valence-electron chi connectivity index (χ2n) is 5.21. The number of nitrogens with zero attached hydrogens (tertiary/aromatic N) is 2. The highest BCUT2D eigenvalue weighted by atomic mass is 19.3. The summed E-state index contributed by atoms with van der Waals surface area (Å²) >= 11 is 0. The third-order valence-corrected chi connectivity index (χ3v) is 3.53. The number of halogens is 2. The van der Waals surface area contributed by atoms with E-state index in [-0.39, 0.29) is 5.75 Å². The summed E-state index contributed by atoms with van der Waals surface area (Å²) < 4.78 is 31.0. The van der Waals surface area contributed by atoms with Crippen molar-refractivity contribution in [3.63, 3.8) is 0 Å². The molecular formula is C16H20F2N4O2. The molecular weight excluding hydrogens is 318 g/mol. The van der Waals surface area contributed by atoms with Crippen LogP contribution in [0.2, 0.25) is 0 Å². The summed E-state index contributed by atoms with van der Waals surface area (Å²) in [6.45, 7) is 1.85. The molecule has 0 saturated heterocycles. The highest BCUT2D eigenvalue weighted by Crippen LogP contribution is 2.26. The van der Waals surface area contributed by atoms with Crippen molar-refractivity contribution in [2.24, 2.45) is 0 Å². The van der Waals surface area contributed by atoms with Gasteiger partial charge in [0, 0.05) is 36.7 Å². The average Bonchev–Trinajstić information content (AvgIpc) is 2.93. The number of hydrogen-bond acceptors (Lipinski definition) is 3. The Bertz CT molecular complexity index is 688. The molecule has 0 aliphatic carbocycles. The summed E-state index contributed by atoms with van der Waals surface area (Å²) in [5.41, 5.74) is 0.873. The van der Waals surface area contributed by atoms with Gasteiger partial charge in [-0.3, -0.25) is 0 Å². The van der Waals surface area contributed by atoms with Gasteiger partial charge in [0.25, 0.3) is 0 Å². The number of urea groups is 1. The fourth-order valence-electron chi connectivity index (χ4n) is 2.23. The molecule has 0 fully saturated rings. The number of carbonyl (C=O) groups excluding carboxylic acids is 1. The lowest BCUT2D eigenvalue weighted by atomic mass is 10.2. The number of nitrogens with one attached hydrogen (secondary N) is 2.